The number of nitrogens with one attached hydrogen (secondary N) is 3. The summed E-state index contributed by atoms with van der Waals surface area (Å²) in [5.41, 5.74) is 13.0. The fourth-order valence-electron chi connectivity index (χ4n) is 3.96. The van der Waals surface area contributed by atoms with E-state index in [0.717, 1.165) is 5.69 Å². The average molecular weight is 444 g/mol. The summed E-state index contributed by atoms with van der Waals surface area (Å²) in [6.07, 6.45) is 2.90. The van der Waals surface area contributed by atoms with E-state index in [-0.39, 0.29) is 18.3 Å². The number of hydrogen-bond donors (Lipinski definition) is 5. The molecule has 1 unspecified atom stereocenters. The minimum atomic E-state index is -3.07. The number of hydrogen-bond acceptors (Lipinski definition) is 9. The van der Waals surface area contributed by atoms with E-state index in [2.05, 4.69) is 20.9 Å². The molecule has 1 aromatic rings. The number of pyridine rings is 1. The van der Waals surface area contributed by atoms with Gasteiger partial charge in [0.2, 0.25) is 5.91 Å². The van der Waals surface area contributed by atoms with Crippen molar-refractivity contribution in [2.24, 2.45) is 17.4 Å². The smallest absolute Gasteiger partial charge is 0.233 e. The minimum absolute atomic E-state index is 0.113. The maximum atomic E-state index is 13.4. The van der Waals surface area contributed by atoms with Gasteiger partial charge >= 0.3 is 0 Å². The number of carbonyl (C=O) groups is 1. The van der Waals surface area contributed by atoms with Gasteiger partial charge in [-0.1, -0.05) is 0 Å². The van der Waals surface area contributed by atoms with E-state index in [0.29, 0.717) is 31.6 Å². The van der Waals surface area contributed by atoms with Crippen molar-refractivity contribution in [3.05, 3.63) is 18.5 Å². The first-order valence-corrected chi connectivity index (χ1v) is 11.9. The molecule has 168 valence electrons. The van der Waals surface area contributed by atoms with Gasteiger partial charge < -0.3 is 21.7 Å². The summed E-state index contributed by atoms with van der Waals surface area (Å²) in [5, 5.41) is 8.34. The molecule has 0 saturated carbocycles. The Hall–Kier alpha value is -1.86. The molecule has 30 heavy (non-hydrogen) atoms. The molecule has 3 rings (SSSR count). The first-order chi connectivity index (χ1) is 14.2. The zero-order chi connectivity index (χ0) is 21.9. The standard InChI is InChI=1S/C18H30FN7O3S/c1-30(28,29)12-3-6-26(7-4-12)14-2-5-22-10-13(14)25-18(27)15(16(20)21)17-23-8-11(19)9-24-17/h2,5,10-12,15-17,23-24H,3-4,6-9,20-21H2,1H3,(H,25,27). The molecule has 0 radical (unpaired) electrons. The molecular weight excluding hydrogens is 413 g/mol. The molecule has 0 bridgehead atoms. The Labute approximate surface area is 175 Å². The van der Waals surface area contributed by atoms with Gasteiger partial charge in [0, 0.05) is 38.6 Å². The predicted octanol–water partition coefficient (Wildman–Crippen LogP) is -1.25. The third-order valence-electron chi connectivity index (χ3n) is 5.64. The van der Waals surface area contributed by atoms with Crippen molar-refractivity contribution in [3.8, 4) is 0 Å². The monoisotopic (exact) mass is 443 g/mol. The number of halogens is 1. The number of nitrogens with two attached hydrogens (primary N) is 2. The van der Waals surface area contributed by atoms with Crippen LogP contribution in [0, 0.1) is 5.92 Å². The number of aromatic nitrogens is 1. The number of sulfone groups is 1. The average Bonchev–Trinajstić information content (AvgIpc) is 2.69. The molecule has 1 amide bonds. The molecule has 0 aromatic carbocycles. The predicted molar refractivity (Wildman–Crippen MR) is 113 cm³/mol. The molecule has 3 heterocycles. The molecular formula is C18H30FN7O3S. The fourth-order valence-corrected chi connectivity index (χ4v) is 5.02. The fraction of sp³-hybridized carbons (Fsp3) is 0.667. The normalized spacial score (nSPS) is 24.6. The van der Waals surface area contributed by atoms with E-state index in [1.807, 2.05) is 4.90 Å². The third kappa shape index (κ3) is 5.43. The van der Waals surface area contributed by atoms with Crippen LogP contribution in [-0.4, -0.2) is 75.5 Å². The van der Waals surface area contributed by atoms with Crippen molar-refractivity contribution in [2.75, 3.05) is 42.7 Å². The Balaban J connectivity index is 1.71. The summed E-state index contributed by atoms with van der Waals surface area (Å²) in [5.74, 6) is -1.24. The molecule has 10 nitrogen and oxygen atoms in total. The molecule has 12 heteroatoms. The maximum absolute atomic E-state index is 13.4. The highest BCUT2D eigenvalue weighted by Gasteiger charge is 2.35. The number of piperidine rings is 1. The van der Waals surface area contributed by atoms with Gasteiger partial charge in [-0.25, -0.2) is 12.8 Å². The van der Waals surface area contributed by atoms with Crippen LogP contribution in [0.3, 0.4) is 0 Å². The topological polar surface area (TPSA) is 155 Å². The number of rotatable bonds is 6. The van der Waals surface area contributed by atoms with E-state index >= 15 is 0 Å². The molecule has 7 N–H and O–H groups in total. The van der Waals surface area contributed by atoms with Gasteiger partial charge in [0.05, 0.1) is 41.1 Å². The van der Waals surface area contributed by atoms with Crippen LogP contribution in [0.15, 0.2) is 18.5 Å². The Morgan fingerprint density at radius 3 is 2.50 bits per heavy atom. The number of amides is 1. The SMILES string of the molecule is CS(=O)(=O)C1CCN(c2ccncc2NC(=O)C(C(N)N)C2NCC(F)CN2)CC1. The van der Waals surface area contributed by atoms with Crippen molar-refractivity contribution in [1.82, 2.24) is 15.6 Å². The van der Waals surface area contributed by atoms with Crippen molar-refractivity contribution >= 4 is 27.1 Å². The molecule has 0 aliphatic carbocycles. The number of nitrogens with zero attached hydrogens (tertiary/aromatic N) is 2. The van der Waals surface area contributed by atoms with Gasteiger partial charge in [-0.2, -0.15) is 0 Å². The van der Waals surface area contributed by atoms with Crippen LogP contribution in [-0.2, 0) is 14.6 Å². The summed E-state index contributed by atoms with van der Waals surface area (Å²) in [6, 6.07) is 1.78. The summed E-state index contributed by atoms with van der Waals surface area (Å²) < 4.78 is 37.0. The van der Waals surface area contributed by atoms with Crippen LogP contribution >= 0.6 is 0 Å². The first-order valence-electron chi connectivity index (χ1n) is 9.97. The largest absolute Gasteiger partial charge is 0.370 e. The van der Waals surface area contributed by atoms with Gasteiger partial charge in [0.25, 0.3) is 0 Å². The van der Waals surface area contributed by atoms with Gasteiger partial charge in [0.15, 0.2) is 0 Å². The third-order valence-corrected chi connectivity index (χ3v) is 7.32. The second-order valence-electron chi connectivity index (χ2n) is 7.89. The quantitative estimate of drug-likeness (QED) is 0.339. The Morgan fingerprint density at radius 1 is 1.30 bits per heavy atom. The summed E-state index contributed by atoms with van der Waals surface area (Å²) in [7, 11) is -3.07. The van der Waals surface area contributed by atoms with Crippen molar-refractivity contribution < 1.29 is 17.6 Å². The van der Waals surface area contributed by atoms with Crippen LogP contribution in [0.25, 0.3) is 0 Å². The first kappa shape index (κ1) is 22.8. The van der Waals surface area contributed by atoms with Gasteiger partial charge in [-0.3, -0.25) is 20.4 Å². The van der Waals surface area contributed by atoms with Crippen LogP contribution < -0.4 is 32.3 Å². The van der Waals surface area contributed by atoms with Crippen molar-refractivity contribution in [3.63, 3.8) is 0 Å². The van der Waals surface area contributed by atoms with E-state index < -0.39 is 40.2 Å². The molecule has 1 aromatic heterocycles. The summed E-state index contributed by atoms with van der Waals surface area (Å²) >= 11 is 0. The maximum Gasteiger partial charge on any atom is 0.233 e. The van der Waals surface area contributed by atoms with Crippen LogP contribution in [0.2, 0.25) is 0 Å². The molecule has 1 atom stereocenters. The lowest BCUT2D eigenvalue weighted by Gasteiger charge is -2.36. The zero-order valence-corrected chi connectivity index (χ0v) is 17.7. The molecule has 2 aliphatic heterocycles. The Bertz CT molecular complexity index is 838. The van der Waals surface area contributed by atoms with E-state index in [9.17, 15) is 17.6 Å². The van der Waals surface area contributed by atoms with Gasteiger partial charge in [0.1, 0.15) is 16.0 Å². The number of carbonyl (C=O) groups excluding carboxylic acids is 1. The Kier molecular flexibility index (Phi) is 7.24. The number of alkyl halides is 1. The van der Waals surface area contributed by atoms with E-state index in [4.69, 9.17) is 11.5 Å². The van der Waals surface area contributed by atoms with E-state index in [1.165, 1.54) is 12.5 Å². The van der Waals surface area contributed by atoms with Crippen LogP contribution in [0.1, 0.15) is 12.8 Å². The summed E-state index contributed by atoms with van der Waals surface area (Å²) in [6.45, 7) is 1.32. The molecule has 2 fully saturated rings. The molecule has 0 spiro atoms. The number of anilines is 2. The molecule has 2 aliphatic rings. The van der Waals surface area contributed by atoms with Crippen LogP contribution in [0.4, 0.5) is 15.8 Å². The Morgan fingerprint density at radius 2 is 1.93 bits per heavy atom. The van der Waals surface area contributed by atoms with Crippen molar-refractivity contribution in [2.45, 2.75) is 36.6 Å². The van der Waals surface area contributed by atoms with Crippen molar-refractivity contribution in [1.29, 1.82) is 0 Å². The lowest BCUT2D eigenvalue weighted by molar-refractivity contribution is -0.122. The highest BCUT2D eigenvalue weighted by molar-refractivity contribution is 7.91. The second-order valence-corrected chi connectivity index (χ2v) is 10.2. The van der Waals surface area contributed by atoms with E-state index in [1.54, 1.807) is 12.3 Å². The lowest BCUT2D eigenvalue weighted by Crippen LogP contribution is -2.64. The van der Waals surface area contributed by atoms with Gasteiger partial charge in [-0.15, -0.1) is 0 Å². The highest BCUT2D eigenvalue weighted by atomic mass is 32.2. The van der Waals surface area contributed by atoms with Gasteiger partial charge in [-0.05, 0) is 18.9 Å². The molecule has 2 saturated heterocycles. The zero-order valence-electron chi connectivity index (χ0n) is 16.9. The summed E-state index contributed by atoms with van der Waals surface area (Å²) in [4.78, 5) is 19.1. The highest BCUT2D eigenvalue weighted by Crippen LogP contribution is 2.29. The minimum Gasteiger partial charge on any atom is -0.370 e. The lowest BCUT2D eigenvalue weighted by atomic mass is 9.99. The van der Waals surface area contributed by atoms with Crippen LogP contribution in [0.5, 0.6) is 0 Å². The second kappa shape index (κ2) is 9.52.